The Kier molecular flexibility index (Phi) is 5.36. The molecule has 3 aliphatic rings. The maximum atomic E-state index is 15.2. The molecule has 180 valence electrons. The van der Waals surface area contributed by atoms with Gasteiger partial charge in [-0.1, -0.05) is 12.1 Å². The molecule has 5 heterocycles. The molecule has 6 rings (SSSR count). The van der Waals surface area contributed by atoms with Crippen LogP contribution >= 0.6 is 0 Å². The number of pyridine rings is 1. The van der Waals surface area contributed by atoms with E-state index < -0.39 is 11.9 Å². The second-order valence-electron chi connectivity index (χ2n) is 9.67. The van der Waals surface area contributed by atoms with E-state index in [-0.39, 0.29) is 36.5 Å². The molecule has 1 N–H and O–H groups in total. The van der Waals surface area contributed by atoms with Gasteiger partial charge >= 0.3 is 0 Å². The smallest absolute Gasteiger partial charge is 0.255 e. The molecule has 0 bridgehead atoms. The van der Waals surface area contributed by atoms with Crippen LogP contribution in [0.5, 0.6) is 0 Å². The van der Waals surface area contributed by atoms with Crippen molar-refractivity contribution in [3.05, 3.63) is 70.9 Å². The molecule has 0 saturated carbocycles. The Hall–Kier alpha value is -3.59. The average molecular weight is 476 g/mol. The Morgan fingerprint density at radius 1 is 1.09 bits per heavy atom. The van der Waals surface area contributed by atoms with Crippen LogP contribution in [0.2, 0.25) is 0 Å². The van der Waals surface area contributed by atoms with Crippen molar-refractivity contribution in [3.8, 4) is 0 Å². The third kappa shape index (κ3) is 3.89. The van der Waals surface area contributed by atoms with E-state index in [0.717, 1.165) is 43.7 Å². The quantitative estimate of drug-likeness (QED) is 0.587. The lowest BCUT2D eigenvalue weighted by Gasteiger charge is -2.32. The van der Waals surface area contributed by atoms with Gasteiger partial charge in [0.15, 0.2) is 0 Å². The fourth-order valence-corrected chi connectivity index (χ4v) is 5.70. The standard InChI is InChI=1S/C26H26FN5O3/c27-21-13-20-18(15-32(26(20)35)22-3-4-23(33)29-25(22)34)12-19(21)16-5-9-30(10-6-16)14-17-2-1-8-31-11-7-28-24(17)31/h1-2,7-8,11-13,16,22H,3-6,9-10,14-15H2,(H,29,33,34). The number of nitrogens with zero attached hydrogens (tertiary/aromatic N) is 4. The average Bonchev–Trinajstić information content (AvgIpc) is 3.45. The molecule has 3 aromatic rings. The lowest BCUT2D eigenvalue weighted by Crippen LogP contribution is -2.52. The molecule has 3 amide bonds. The molecule has 3 aliphatic heterocycles. The molecule has 35 heavy (non-hydrogen) atoms. The summed E-state index contributed by atoms with van der Waals surface area (Å²) < 4.78 is 17.2. The summed E-state index contributed by atoms with van der Waals surface area (Å²) >= 11 is 0. The summed E-state index contributed by atoms with van der Waals surface area (Å²) in [6.45, 7) is 2.77. The molecule has 2 fully saturated rings. The molecule has 2 aromatic heterocycles. The Labute approximate surface area is 201 Å². The zero-order valence-corrected chi connectivity index (χ0v) is 19.2. The Balaban J connectivity index is 1.15. The van der Waals surface area contributed by atoms with Crippen molar-refractivity contribution < 1.29 is 18.8 Å². The van der Waals surface area contributed by atoms with E-state index in [4.69, 9.17) is 0 Å². The zero-order valence-electron chi connectivity index (χ0n) is 19.2. The summed E-state index contributed by atoms with van der Waals surface area (Å²) in [5.74, 6) is -1.40. The van der Waals surface area contributed by atoms with E-state index >= 15 is 4.39 Å². The number of halogens is 1. The number of rotatable bonds is 4. The minimum atomic E-state index is -0.693. The van der Waals surface area contributed by atoms with Gasteiger partial charge in [0, 0.05) is 49.2 Å². The number of carbonyl (C=O) groups excluding carboxylic acids is 3. The van der Waals surface area contributed by atoms with Gasteiger partial charge in [-0.25, -0.2) is 9.37 Å². The van der Waals surface area contributed by atoms with Gasteiger partial charge in [-0.15, -0.1) is 0 Å². The highest BCUT2D eigenvalue weighted by atomic mass is 19.1. The van der Waals surface area contributed by atoms with Crippen LogP contribution in [0.4, 0.5) is 4.39 Å². The van der Waals surface area contributed by atoms with E-state index in [9.17, 15) is 14.4 Å². The second kappa shape index (κ2) is 8.57. The predicted octanol–water partition coefficient (Wildman–Crippen LogP) is 2.61. The highest BCUT2D eigenvalue weighted by Gasteiger charge is 2.40. The monoisotopic (exact) mass is 475 g/mol. The third-order valence-electron chi connectivity index (χ3n) is 7.56. The first-order chi connectivity index (χ1) is 17.0. The van der Waals surface area contributed by atoms with Gasteiger partial charge in [0.05, 0.1) is 0 Å². The molecule has 0 spiro atoms. The SMILES string of the molecule is O=C1CCC(N2Cc3cc(C4CCN(Cc5cccn6ccnc56)CC4)c(F)cc3C2=O)C(=O)N1. The highest BCUT2D eigenvalue weighted by Crippen LogP contribution is 2.35. The second-order valence-corrected chi connectivity index (χ2v) is 9.67. The van der Waals surface area contributed by atoms with Gasteiger partial charge in [-0.05, 0) is 61.5 Å². The van der Waals surface area contributed by atoms with Crippen LogP contribution < -0.4 is 5.32 Å². The fraction of sp³-hybridized carbons (Fsp3) is 0.385. The van der Waals surface area contributed by atoms with Gasteiger partial charge < -0.3 is 9.30 Å². The normalized spacial score (nSPS) is 21.6. The van der Waals surface area contributed by atoms with Crippen molar-refractivity contribution >= 4 is 23.4 Å². The van der Waals surface area contributed by atoms with Crippen molar-refractivity contribution in [1.82, 2.24) is 24.5 Å². The maximum absolute atomic E-state index is 15.2. The number of imide groups is 1. The lowest BCUT2D eigenvalue weighted by molar-refractivity contribution is -0.136. The fourth-order valence-electron chi connectivity index (χ4n) is 5.70. The molecular formula is C26H26FN5O3. The number of imidazole rings is 1. The van der Waals surface area contributed by atoms with Crippen LogP contribution in [0.25, 0.3) is 5.65 Å². The van der Waals surface area contributed by atoms with Gasteiger partial charge in [0.25, 0.3) is 5.91 Å². The number of aromatic nitrogens is 2. The molecule has 0 aliphatic carbocycles. The number of fused-ring (bicyclic) bond motifs is 2. The number of amides is 3. The topological polar surface area (TPSA) is 87.0 Å². The van der Waals surface area contributed by atoms with E-state index in [1.54, 1.807) is 6.20 Å². The Morgan fingerprint density at radius 3 is 2.71 bits per heavy atom. The first kappa shape index (κ1) is 21.9. The molecule has 9 heteroatoms. The summed E-state index contributed by atoms with van der Waals surface area (Å²) in [5.41, 5.74) is 3.86. The molecule has 1 aromatic carbocycles. The van der Waals surface area contributed by atoms with Crippen LogP contribution in [0.3, 0.4) is 0 Å². The molecule has 1 atom stereocenters. The Morgan fingerprint density at radius 2 is 1.91 bits per heavy atom. The van der Waals surface area contributed by atoms with E-state index in [1.165, 1.54) is 16.5 Å². The molecule has 2 saturated heterocycles. The van der Waals surface area contributed by atoms with Gasteiger partial charge in [0.1, 0.15) is 17.5 Å². The molecule has 0 radical (unpaired) electrons. The summed E-state index contributed by atoms with van der Waals surface area (Å²) in [6.07, 6.45) is 7.88. The van der Waals surface area contributed by atoms with Crippen LogP contribution in [0.15, 0.2) is 42.9 Å². The van der Waals surface area contributed by atoms with Crippen molar-refractivity contribution in [3.63, 3.8) is 0 Å². The molecule has 8 nitrogen and oxygen atoms in total. The summed E-state index contributed by atoms with van der Waals surface area (Å²) in [7, 11) is 0. The number of hydrogen-bond donors (Lipinski definition) is 1. The van der Waals surface area contributed by atoms with E-state index in [2.05, 4.69) is 21.3 Å². The number of likely N-dealkylation sites (tertiary alicyclic amines) is 1. The number of hydrogen-bond acceptors (Lipinski definition) is 5. The Bertz CT molecular complexity index is 1340. The van der Waals surface area contributed by atoms with Gasteiger partial charge in [0.2, 0.25) is 11.8 Å². The summed E-state index contributed by atoms with van der Waals surface area (Å²) in [6, 6.07) is 6.59. The minimum Gasteiger partial charge on any atom is -0.322 e. The van der Waals surface area contributed by atoms with E-state index in [0.29, 0.717) is 17.5 Å². The third-order valence-corrected chi connectivity index (χ3v) is 7.56. The lowest BCUT2D eigenvalue weighted by atomic mass is 9.87. The van der Waals surface area contributed by atoms with Gasteiger partial charge in [-0.3, -0.25) is 24.6 Å². The van der Waals surface area contributed by atoms with Crippen LogP contribution in [0.1, 0.15) is 58.6 Å². The number of nitrogens with one attached hydrogen (secondary N) is 1. The summed E-state index contributed by atoms with van der Waals surface area (Å²) in [4.78, 5) is 45.0. The number of piperidine rings is 2. The largest absolute Gasteiger partial charge is 0.322 e. The maximum Gasteiger partial charge on any atom is 0.255 e. The van der Waals surface area contributed by atoms with Crippen molar-refractivity contribution in [2.45, 2.75) is 50.7 Å². The zero-order chi connectivity index (χ0) is 24.1. The van der Waals surface area contributed by atoms with Crippen LogP contribution in [0, 0.1) is 5.82 Å². The van der Waals surface area contributed by atoms with Crippen molar-refractivity contribution in [2.24, 2.45) is 0 Å². The number of carbonyl (C=O) groups is 3. The first-order valence-corrected chi connectivity index (χ1v) is 12.1. The van der Waals surface area contributed by atoms with Gasteiger partial charge in [-0.2, -0.15) is 0 Å². The van der Waals surface area contributed by atoms with E-state index in [1.807, 2.05) is 28.9 Å². The highest BCUT2D eigenvalue weighted by molar-refractivity contribution is 6.05. The van der Waals surface area contributed by atoms with Crippen molar-refractivity contribution in [2.75, 3.05) is 13.1 Å². The number of benzene rings is 1. The molecular weight excluding hydrogens is 449 g/mol. The van der Waals surface area contributed by atoms with Crippen molar-refractivity contribution in [1.29, 1.82) is 0 Å². The van der Waals surface area contributed by atoms with Crippen LogP contribution in [-0.2, 0) is 22.7 Å². The van der Waals surface area contributed by atoms with Crippen LogP contribution in [-0.4, -0.2) is 56.0 Å². The predicted molar refractivity (Wildman–Crippen MR) is 125 cm³/mol. The minimum absolute atomic E-state index is 0.0820. The molecule has 1 unspecified atom stereocenters. The first-order valence-electron chi connectivity index (χ1n) is 12.1. The summed E-state index contributed by atoms with van der Waals surface area (Å²) in [5, 5.41) is 2.30.